The van der Waals surface area contributed by atoms with E-state index in [-0.39, 0.29) is 5.75 Å². The normalized spacial score (nSPS) is 26.1. The number of aromatic amines is 1. The molecule has 1 saturated heterocycles. The van der Waals surface area contributed by atoms with Crippen molar-refractivity contribution in [1.82, 2.24) is 9.55 Å². The molecule has 1 aromatic heterocycles. The number of ether oxygens (including phenoxy) is 2. The van der Waals surface area contributed by atoms with Crippen LogP contribution in [0.5, 0.6) is 5.75 Å². The average molecular weight is 576 g/mol. The van der Waals surface area contributed by atoms with E-state index >= 15 is 0 Å². The van der Waals surface area contributed by atoms with Crippen molar-refractivity contribution in [3.05, 3.63) is 63.2 Å². The van der Waals surface area contributed by atoms with Gasteiger partial charge >= 0.3 is 19.3 Å². The first kappa shape index (κ1) is 30.6. The molecular formula is C24H31F2N2O10P. The van der Waals surface area contributed by atoms with Gasteiger partial charge < -0.3 is 24.2 Å². The fourth-order valence-electron chi connectivity index (χ4n) is 4.04. The molecule has 39 heavy (non-hydrogen) atoms. The van der Waals surface area contributed by atoms with Gasteiger partial charge in [0.15, 0.2) is 11.8 Å². The van der Waals surface area contributed by atoms with E-state index in [9.17, 15) is 37.9 Å². The maximum absolute atomic E-state index is 14.1. The van der Waals surface area contributed by atoms with E-state index in [2.05, 4.69) is 0 Å². The minimum Gasteiger partial charge on any atom is -0.463 e. The molecule has 2 aromatic rings. The lowest BCUT2D eigenvalue weighted by Crippen LogP contribution is -2.52. The first-order valence-corrected chi connectivity index (χ1v) is 13.8. The number of halogens is 2. The quantitative estimate of drug-likeness (QED) is 0.266. The van der Waals surface area contributed by atoms with Crippen LogP contribution in [-0.2, 0) is 23.4 Å². The zero-order valence-corrected chi connectivity index (χ0v) is 22.5. The topological polar surface area (TPSA) is 166 Å². The molecule has 0 spiro atoms. The second-order valence-electron chi connectivity index (χ2n) is 9.56. The second kappa shape index (κ2) is 12.1. The summed E-state index contributed by atoms with van der Waals surface area (Å²) >= 11 is 0. The van der Waals surface area contributed by atoms with Crippen LogP contribution in [0.2, 0.25) is 0 Å². The van der Waals surface area contributed by atoms with Gasteiger partial charge in [-0.05, 0) is 32.9 Å². The lowest BCUT2D eigenvalue weighted by Gasteiger charge is -2.30. The van der Waals surface area contributed by atoms with Gasteiger partial charge in [0.1, 0.15) is 24.6 Å². The van der Waals surface area contributed by atoms with Crippen molar-refractivity contribution >= 4 is 13.6 Å². The Bertz CT molecular complexity index is 1320. The summed E-state index contributed by atoms with van der Waals surface area (Å²) in [6, 6.07) is 7.89. The van der Waals surface area contributed by atoms with Crippen molar-refractivity contribution in [3.8, 4) is 5.75 Å². The molecule has 0 bridgehead atoms. The fraction of sp³-hybridized carbons (Fsp3) is 0.542. The summed E-state index contributed by atoms with van der Waals surface area (Å²) in [6.07, 6.45) is -7.58. The van der Waals surface area contributed by atoms with E-state index in [1.807, 2.05) is 0 Å². The zero-order chi connectivity index (χ0) is 29.1. The zero-order valence-electron chi connectivity index (χ0n) is 21.7. The Balaban J connectivity index is 1.91. The van der Waals surface area contributed by atoms with Crippen molar-refractivity contribution in [2.75, 3.05) is 12.8 Å². The summed E-state index contributed by atoms with van der Waals surface area (Å²) in [5, 5.41) is 21.7. The minimum atomic E-state index is -4.24. The van der Waals surface area contributed by atoms with Crippen LogP contribution in [0.3, 0.4) is 0 Å². The molecule has 1 aromatic carbocycles. The van der Waals surface area contributed by atoms with Gasteiger partial charge in [0.2, 0.25) is 5.82 Å². The molecule has 3 N–H and O–H groups in total. The summed E-state index contributed by atoms with van der Waals surface area (Å²) in [5.74, 6) is -2.91. The highest BCUT2D eigenvalue weighted by atomic mass is 31.2. The largest absolute Gasteiger partial charge is 0.463 e. The number of nitrogens with zero attached hydrogens (tertiary/aromatic N) is 1. The standard InChI is InChI=1S/C24H31F2N2O10P/c1-13(2)35-21(31)14(3)11-39(34,38-16-8-6-5-7-9-16)37-15(4)18-19(29)24(33,12-25)22(36-18)28-10-17(26)20(30)27-23(28)32/h5-10,13-15,18-19,22,29,33H,11-12H2,1-4H3,(H,27,30,32)/t14-,15+,18-,19+,22-,24?,39-/m1/s1. The summed E-state index contributed by atoms with van der Waals surface area (Å²) in [5.41, 5.74) is -5.37. The number of aliphatic hydroxyl groups is 2. The molecule has 1 aliphatic rings. The molecular weight excluding hydrogens is 545 g/mol. The highest BCUT2D eigenvalue weighted by Gasteiger charge is 2.59. The molecule has 1 aliphatic heterocycles. The third kappa shape index (κ3) is 6.82. The number of esters is 1. The molecule has 0 saturated carbocycles. The summed E-state index contributed by atoms with van der Waals surface area (Å²) < 4.78 is 64.3. The van der Waals surface area contributed by atoms with Gasteiger partial charge in [-0.15, -0.1) is 0 Å². The number of hydrogen-bond acceptors (Lipinski definition) is 10. The van der Waals surface area contributed by atoms with E-state index < -0.39 is 85.6 Å². The van der Waals surface area contributed by atoms with Gasteiger partial charge in [0.05, 0.1) is 30.5 Å². The molecule has 0 aliphatic carbocycles. The monoisotopic (exact) mass is 576 g/mol. The van der Waals surface area contributed by atoms with Crippen molar-refractivity contribution in [2.45, 2.75) is 63.9 Å². The second-order valence-corrected chi connectivity index (χ2v) is 11.5. The lowest BCUT2D eigenvalue weighted by molar-refractivity contribution is -0.151. The smallest absolute Gasteiger partial charge is 0.380 e. The first-order chi connectivity index (χ1) is 18.2. The van der Waals surface area contributed by atoms with Gasteiger partial charge in [0.25, 0.3) is 5.56 Å². The van der Waals surface area contributed by atoms with Gasteiger partial charge in [-0.2, -0.15) is 4.39 Å². The van der Waals surface area contributed by atoms with E-state index in [1.165, 1.54) is 26.0 Å². The number of carbonyl (C=O) groups excluding carboxylic acids is 1. The number of para-hydroxylation sites is 1. The Morgan fingerprint density at radius 3 is 2.46 bits per heavy atom. The Kier molecular flexibility index (Phi) is 9.50. The van der Waals surface area contributed by atoms with E-state index in [4.69, 9.17) is 18.5 Å². The van der Waals surface area contributed by atoms with Crippen LogP contribution in [0.4, 0.5) is 8.78 Å². The van der Waals surface area contributed by atoms with Crippen molar-refractivity contribution in [3.63, 3.8) is 0 Å². The van der Waals surface area contributed by atoms with Gasteiger partial charge in [0, 0.05) is 0 Å². The minimum absolute atomic E-state index is 0.138. The average Bonchev–Trinajstić information content (AvgIpc) is 3.12. The highest BCUT2D eigenvalue weighted by Crippen LogP contribution is 2.53. The van der Waals surface area contributed by atoms with Crippen LogP contribution in [0.25, 0.3) is 0 Å². The van der Waals surface area contributed by atoms with Gasteiger partial charge in [-0.3, -0.25) is 23.7 Å². The molecule has 12 nitrogen and oxygen atoms in total. The van der Waals surface area contributed by atoms with Crippen LogP contribution < -0.4 is 15.8 Å². The summed E-state index contributed by atoms with van der Waals surface area (Å²) in [4.78, 5) is 37.7. The third-order valence-electron chi connectivity index (χ3n) is 5.96. The summed E-state index contributed by atoms with van der Waals surface area (Å²) in [6.45, 7) is 4.37. The van der Waals surface area contributed by atoms with Crippen LogP contribution in [0.15, 0.2) is 46.1 Å². The molecule has 3 rings (SSSR count). The SMILES string of the molecule is CC(C)OC(=O)[C@H](C)C[P@](=O)(Oc1ccccc1)O[C@@H](C)[C@H]1O[C@@H](n2cc(F)c(=O)[nH]c2=O)C(O)(CF)[C@H]1O. The lowest BCUT2D eigenvalue weighted by atomic mass is 9.93. The first-order valence-electron chi connectivity index (χ1n) is 12.1. The number of rotatable bonds is 11. The number of nitrogens with one attached hydrogen (secondary N) is 1. The van der Waals surface area contributed by atoms with Crippen molar-refractivity contribution in [1.29, 1.82) is 0 Å². The number of aliphatic hydroxyl groups excluding tert-OH is 1. The molecule has 2 heterocycles. The Morgan fingerprint density at radius 1 is 1.23 bits per heavy atom. The van der Waals surface area contributed by atoms with Gasteiger partial charge in [-0.1, -0.05) is 25.1 Å². The number of carbonyl (C=O) groups is 1. The molecule has 15 heteroatoms. The number of alkyl halides is 1. The number of benzene rings is 1. The molecule has 0 radical (unpaired) electrons. The van der Waals surface area contributed by atoms with Crippen LogP contribution in [0.1, 0.15) is 33.9 Å². The van der Waals surface area contributed by atoms with Crippen molar-refractivity contribution < 1.29 is 46.9 Å². The highest BCUT2D eigenvalue weighted by molar-refractivity contribution is 7.54. The van der Waals surface area contributed by atoms with Crippen molar-refractivity contribution in [2.24, 2.45) is 5.92 Å². The molecule has 7 atom stereocenters. The Labute approximate surface area is 222 Å². The molecule has 216 valence electrons. The number of aromatic nitrogens is 2. The van der Waals surface area contributed by atoms with Gasteiger partial charge in [-0.25, -0.2) is 13.8 Å². The van der Waals surface area contributed by atoms with E-state index in [0.29, 0.717) is 10.8 Å². The predicted octanol–water partition coefficient (Wildman–Crippen LogP) is 1.90. The van der Waals surface area contributed by atoms with Crippen LogP contribution >= 0.6 is 7.60 Å². The fourth-order valence-corrected chi connectivity index (χ4v) is 6.13. The van der Waals surface area contributed by atoms with E-state index in [1.54, 1.807) is 37.0 Å². The predicted molar refractivity (Wildman–Crippen MR) is 133 cm³/mol. The summed E-state index contributed by atoms with van der Waals surface area (Å²) in [7, 11) is -4.24. The number of H-pyrrole nitrogens is 1. The van der Waals surface area contributed by atoms with E-state index in [0.717, 1.165) is 0 Å². The maximum Gasteiger partial charge on any atom is 0.380 e. The maximum atomic E-state index is 14.1. The molecule has 1 unspecified atom stereocenters. The Morgan fingerprint density at radius 2 is 1.87 bits per heavy atom. The number of hydrogen-bond donors (Lipinski definition) is 3. The molecule has 0 amide bonds. The Hall–Kier alpha value is -2.90. The third-order valence-corrected chi connectivity index (χ3v) is 8.09. The van der Waals surface area contributed by atoms with Crippen LogP contribution in [0, 0.1) is 11.7 Å². The van der Waals surface area contributed by atoms with Crippen LogP contribution in [-0.4, -0.2) is 68.6 Å². The molecule has 1 fully saturated rings.